The Morgan fingerprint density at radius 2 is 1.00 bits per heavy atom. The summed E-state index contributed by atoms with van der Waals surface area (Å²) < 4.78 is 0. The predicted molar refractivity (Wildman–Crippen MR) is 28.1 cm³/mol. The molecule has 0 nitrogen and oxygen atoms in total. The van der Waals surface area contributed by atoms with Gasteiger partial charge in [0.25, 0.3) is 0 Å². The van der Waals surface area contributed by atoms with Crippen LogP contribution in [0.15, 0.2) is 0 Å². The van der Waals surface area contributed by atoms with Gasteiger partial charge in [-0.05, 0) is 0 Å². The van der Waals surface area contributed by atoms with Gasteiger partial charge in [-0.2, -0.15) is 0 Å². The van der Waals surface area contributed by atoms with Crippen molar-refractivity contribution in [1.82, 2.24) is 0 Å². The molecule has 0 aliphatic heterocycles. The molecule has 0 heterocycles. The fourth-order valence-electron chi connectivity index (χ4n) is 0. The molecular weight excluding hydrogens is 136 g/mol. The van der Waals surface area contributed by atoms with Crippen LogP contribution in [0.3, 0.4) is 0 Å². The molecule has 0 atom stereocenters. The minimum absolute atomic E-state index is 0. The van der Waals surface area contributed by atoms with Gasteiger partial charge in [-0.15, -0.1) is 0 Å². The van der Waals surface area contributed by atoms with Gasteiger partial charge in [0, 0.05) is 0 Å². The average molecular weight is 143 g/mol. The summed E-state index contributed by atoms with van der Waals surface area (Å²) in [5.41, 5.74) is 0. The van der Waals surface area contributed by atoms with E-state index in [0.717, 1.165) is 0 Å². The number of halogens is 1. The van der Waals surface area contributed by atoms with E-state index in [2.05, 4.69) is 0 Å². The van der Waals surface area contributed by atoms with Crippen LogP contribution < -0.4 is 0 Å². The van der Waals surface area contributed by atoms with Crippen LogP contribution in [0, 0.1) is 0 Å². The number of hydrogen-bond donors (Lipinski definition) is 0. The average Bonchev–Trinajstić information content (AvgIpc) is 0. The molecule has 0 bridgehead atoms. The zero-order valence-electron chi connectivity index (χ0n) is 0.408. The van der Waals surface area contributed by atoms with Crippen molar-refractivity contribution in [2.45, 2.75) is 0 Å². The molecule has 0 rings (SSSR count). The summed E-state index contributed by atoms with van der Waals surface area (Å²) in [6, 6.07) is 0. The Hall–Kier alpha value is 2.42. The van der Waals surface area contributed by atoms with Crippen LogP contribution in [0.25, 0.3) is 0 Å². The van der Waals surface area contributed by atoms with Gasteiger partial charge < -0.3 is 0 Å². The third-order valence-corrected chi connectivity index (χ3v) is 0. The molecule has 0 aliphatic rings. The van der Waals surface area contributed by atoms with Gasteiger partial charge >= 0.3 is 76.4 Å². The molecule has 0 saturated carbocycles. The van der Waals surface area contributed by atoms with Crippen molar-refractivity contribution >= 4 is 76.4 Å². The topological polar surface area (TPSA) is 0 Å². The van der Waals surface area contributed by atoms with Crippen molar-refractivity contribution < 1.29 is 4.70 Å². The van der Waals surface area contributed by atoms with E-state index in [1.165, 1.54) is 0 Å². The fourth-order valence-corrected chi connectivity index (χ4v) is 0. The van der Waals surface area contributed by atoms with E-state index < -0.39 is 0 Å². The number of rotatable bonds is 0. The Kier molecular flexibility index (Phi) is 145. The Morgan fingerprint density at radius 1 is 1.00 bits per heavy atom. The van der Waals surface area contributed by atoms with Crippen molar-refractivity contribution in [2.75, 3.05) is 0 Å². The molecule has 0 unspecified atom stereocenters. The van der Waals surface area contributed by atoms with Gasteiger partial charge in [-0.3, -0.25) is 4.70 Å². The molecule has 0 fully saturated rings. The summed E-state index contributed by atoms with van der Waals surface area (Å²) in [6.45, 7) is 0. The quantitative estimate of drug-likeness (QED) is 0.326. The summed E-state index contributed by atoms with van der Waals surface area (Å²) in [5, 5.41) is 0. The second-order valence-corrected chi connectivity index (χ2v) is 0. The maximum absolute atomic E-state index is 0. The molecular formula is H7CaFGaLi. The minimum atomic E-state index is 0. The molecule has 0 saturated heterocycles. The zero-order valence-corrected chi connectivity index (χ0v) is 0.408. The van der Waals surface area contributed by atoms with Crippen LogP contribution in [0.4, 0.5) is 4.70 Å². The third kappa shape index (κ3) is 8.83. The van der Waals surface area contributed by atoms with Gasteiger partial charge in [0.15, 0.2) is 0 Å². The normalized spacial score (nSPS) is 0. The molecule has 4 heavy (non-hydrogen) atoms. The second kappa shape index (κ2) is 18.1. The molecule has 0 spiro atoms. The summed E-state index contributed by atoms with van der Waals surface area (Å²) in [6.07, 6.45) is 0. The first-order valence-electron chi connectivity index (χ1n) is 0. The van der Waals surface area contributed by atoms with Gasteiger partial charge in [0.1, 0.15) is 0 Å². The van der Waals surface area contributed by atoms with Crippen LogP contribution in [0.2, 0.25) is 0 Å². The van der Waals surface area contributed by atoms with Gasteiger partial charge in [-0.25, -0.2) is 0 Å². The summed E-state index contributed by atoms with van der Waals surface area (Å²) in [4.78, 5) is 0. The standard InChI is InChI=1S/Ca.FH.Ga.Li.6H/h;1H;;;;;;;;. The Bertz CT molecular complexity index is 8.00. The Labute approximate surface area is 79.7 Å². The van der Waals surface area contributed by atoms with Crippen LogP contribution in [-0.4, -0.2) is 76.4 Å². The van der Waals surface area contributed by atoms with Crippen LogP contribution in [0.5, 0.6) is 0 Å². The van der Waals surface area contributed by atoms with Crippen molar-refractivity contribution in [1.29, 1.82) is 0 Å². The van der Waals surface area contributed by atoms with Gasteiger partial charge in [0.05, 0.1) is 0 Å². The van der Waals surface area contributed by atoms with E-state index in [1.807, 2.05) is 0 Å². The Morgan fingerprint density at radius 3 is 1.00 bits per heavy atom. The van der Waals surface area contributed by atoms with E-state index in [4.69, 9.17) is 0 Å². The summed E-state index contributed by atoms with van der Waals surface area (Å²) in [7, 11) is 0. The monoisotopic (exact) mass is 142 g/mol. The summed E-state index contributed by atoms with van der Waals surface area (Å²) in [5.74, 6) is 0. The van der Waals surface area contributed by atoms with E-state index in [0.29, 0.717) is 0 Å². The second-order valence-electron chi connectivity index (χ2n) is 0. The molecule has 20 valence electrons. The SMILES string of the molecule is F.[CaH2].[GaH3].[LiH]. The van der Waals surface area contributed by atoms with Crippen molar-refractivity contribution in [2.24, 2.45) is 0 Å². The van der Waals surface area contributed by atoms with E-state index in [-0.39, 0.29) is 81.1 Å². The first kappa shape index (κ1) is 32.2. The molecule has 0 aromatic carbocycles. The fraction of sp³-hybridized carbons (Fsp3) is 0. The molecule has 0 N–H and O–H groups in total. The molecule has 0 aromatic rings. The first-order valence-corrected chi connectivity index (χ1v) is 0. The zero-order chi connectivity index (χ0) is 0. The van der Waals surface area contributed by atoms with E-state index in [1.54, 1.807) is 0 Å². The van der Waals surface area contributed by atoms with Crippen LogP contribution >= 0.6 is 0 Å². The third-order valence-electron chi connectivity index (χ3n) is 0. The van der Waals surface area contributed by atoms with Crippen molar-refractivity contribution in [3.63, 3.8) is 0 Å². The molecule has 0 radical (unpaired) electrons. The maximum atomic E-state index is 0. The number of hydrogen-bond acceptors (Lipinski definition) is 0. The van der Waals surface area contributed by atoms with Crippen LogP contribution in [-0.2, 0) is 0 Å². The first-order chi connectivity index (χ1) is 0. The van der Waals surface area contributed by atoms with Crippen LogP contribution in [0.1, 0.15) is 0 Å². The summed E-state index contributed by atoms with van der Waals surface area (Å²) >= 11 is 0. The predicted octanol–water partition coefficient (Wildman–Crippen LogP) is -2.60. The van der Waals surface area contributed by atoms with Crippen molar-refractivity contribution in [3.05, 3.63) is 0 Å². The van der Waals surface area contributed by atoms with Gasteiger partial charge in [0.2, 0.25) is 0 Å². The molecule has 0 amide bonds. The van der Waals surface area contributed by atoms with Crippen molar-refractivity contribution in [3.8, 4) is 0 Å². The molecule has 4 heteroatoms. The molecule has 0 aromatic heterocycles. The van der Waals surface area contributed by atoms with E-state index >= 15 is 0 Å². The van der Waals surface area contributed by atoms with Gasteiger partial charge in [-0.1, -0.05) is 0 Å². The Balaban J connectivity index is 0. The molecule has 0 aliphatic carbocycles. The van der Waals surface area contributed by atoms with E-state index in [9.17, 15) is 0 Å².